The molecule has 1 amide bonds. The molecule has 1 aliphatic heterocycles. The van der Waals surface area contributed by atoms with Gasteiger partial charge in [-0.25, -0.2) is 4.98 Å². The summed E-state index contributed by atoms with van der Waals surface area (Å²) >= 11 is 0. The Kier molecular flexibility index (Phi) is 5.17. The second-order valence-electron chi connectivity index (χ2n) is 5.02. The molecular formula is C14H22N4O2. The summed E-state index contributed by atoms with van der Waals surface area (Å²) in [5.74, 6) is 0.691. The molecule has 4 N–H and O–H groups in total. The number of nitrogens with two attached hydrogens (primary N) is 1. The number of nitrogen functional groups attached to an aromatic ring is 1. The predicted molar refractivity (Wildman–Crippen MR) is 78.5 cm³/mol. The maximum Gasteiger partial charge on any atom is 0.249 e. The quantitative estimate of drug-likeness (QED) is 0.677. The number of aryl methyl sites for hydroxylation is 1. The number of carbonyl (C=O) groups excluding carboxylic acids is 1. The fraction of sp³-hybridized carbons (Fsp3) is 0.571. The zero-order valence-electron chi connectivity index (χ0n) is 11.8. The fourth-order valence-electron chi connectivity index (χ4n) is 2.14. The summed E-state index contributed by atoms with van der Waals surface area (Å²) in [7, 11) is 0. The lowest BCUT2D eigenvalue weighted by atomic mass is 10.2. The van der Waals surface area contributed by atoms with E-state index in [0.29, 0.717) is 31.2 Å². The first-order valence-corrected chi connectivity index (χ1v) is 7.02. The van der Waals surface area contributed by atoms with Gasteiger partial charge in [-0.3, -0.25) is 4.79 Å². The van der Waals surface area contributed by atoms with Gasteiger partial charge in [0.1, 0.15) is 11.9 Å². The minimum Gasteiger partial charge on any atom is -0.396 e. The van der Waals surface area contributed by atoms with Gasteiger partial charge in [-0.1, -0.05) is 0 Å². The van der Waals surface area contributed by atoms with Gasteiger partial charge in [-0.05, 0) is 37.8 Å². The fourth-order valence-corrected chi connectivity index (χ4v) is 2.14. The van der Waals surface area contributed by atoms with E-state index in [1.807, 2.05) is 13.0 Å². The van der Waals surface area contributed by atoms with Crippen LogP contribution in [0.2, 0.25) is 0 Å². The van der Waals surface area contributed by atoms with Crippen LogP contribution in [0.4, 0.5) is 11.5 Å². The van der Waals surface area contributed by atoms with Crippen molar-refractivity contribution >= 4 is 17.4 Å². The van der Waals surface area contributed by atoms with Crippen LogP contribution in [-0.4, -0.2) is 36.7 Å². The van der Waals surface area contributed by atoms with Gasteiger partial charge in [0.05, 0.1) is 5.69 Å². The van der Waals surface area contributed by atoms with Crippen molar-refractivity contribution in [2.24, 2.45) is 0 Å². The summed E-state index contributed by atoms with van der Waals surface area (Å²) in [6, 6.07) is 1.88. The first-order chi connectivity index (χ1) is 9.66. The summed E-state index contributed by atoms with van der Waals surface area (Å²) < 4.78 is 5.31. The summed E-state index contributed by atoms with van der Waals surface area (Å²) in [6.07, 6.45) is 4.13. The van der Waals surface area contributed by atoms with Gasteiger partial charge in [-0.15, -0.1) is 0 Å². The van der Waals surface area contributed by atoms with Gasteiger partial charge in [-0.2, -0.15) is 0 Å². The molecule has 2 rings (SSSR count). The molecule has 2 heterocycles. The number of hydrogen-bond acceptors (Lipinski definition) is 5. The van der Waals surface area contributed by atoms with Crippen molar-refractivity contribution in [2.45, 2.75) is 32.3 Å². The average Bonchev–Trinajstić information content (AvgIpc) is 2.94. The number of anilines is 2. The number of aromatic nitrogens is 1. The first kappa shape index (κ1) is 14.6. The second-order valence-corrected chi connectivity index (χ2v) is 5.02. The van der Waals surface area contributed by atoms with Crippen LogP contribution in [0.5, 0.6) is 0 Å². The average molecular weight is 278 g/mol. The third kappa shape index (κ3) is 4.09. The summed E-state index contributed by atoms with van der Waals surface area (Å²) in [6.45, 7) is 3.98. The molecule has 1 aromatic rings. The van der Waals surface area contributed by atoms with Crippen LogP contribution >= 0.6 is 0 Å². The molecule has 6 heteroatoms. The molecular weight excluding hydrogens is 256 g/mol. The Morgan fingerprint density at radius 1 is 1.55 bits per heavy atom. The maximum atomic E-state index is 11.7. The van der Waals surface area contributed by atoms with E-state index in [2.05, 4.69) is 15.6 Å². The number of rotatable bonds is 6. The number of nitrogens with one attached hydrogen (secondary N) is 2. The van der Waals surface area contributed by atoms with Crippen molar-refractivity contribution in [1.82, 2.24) is 10.3 Å². The monoisotopic (exact) mass is 278 g/mol. The SMILES string of the molecule is Cc1cnc(NCCCNC(=O)C2CCCO2)c(N)c1. The van der Waals surface area contributed by atoms with Crippen molar-refractivity contribution in [2.75, 3.05) is 30.7 Å². The minimum atomic E-state index is -0.252. The van der Waals surface area contributed by atoms with Crippen molar-refractivity contribution in [1.29, 1.82) is 0 Å². The Morgan fingerprint density at radius 2 is 2.40 bits per heavy atom. The van der Waals surface area contributed by atoms with E-state index in [0.717, 1.165) is 24.8 Å². The van der Waals surface area contributed by atoms with E-state index in [4.69, 9.17) is 10.5 Å². The van der Waals surface area contributed by atoms with E-state index in [1.54, 1.807) is 6.20 Å². The first-order valence-electron chi connectivity index (χ1n) is 7.02. The van der Waals surface area contributed by atoms with Crippen LogP contribution in [0.15, 0.2) is 12.3 Å². The third-order valence-electron chi connectivity index (χ3n) is 3.22. The van der Waals surface area contributed by atoms with Gasteiger partial charge >= 0.3 is 0 Å². The van der Waals surface area contributed by atoms with E-state index in [1.165, 1.54) is 0 Å². The Bertz CT molecular complexity index is 458. The van der Waals surface area contributed by atoms with Gasteiger partial charge in [0.25, 0.3) is 0 Å². The zero-order valence-corrected chi connectivity index (χ0v) is 11.8. The van der Waals surface area contributed by atoms with Crippen molar-refractivity contribution in [3.05, 3.63) is 17.8 Å². The molecule has 0 radical (unpaired) electrons. The van der Waals surface area contributed by atoms with E-state index >= 15 is 0 Å². The molecule has 6 nitrogen and oxygen atoms in total. The van der Waals surface area contributed by atoms with E-state index in [-0.39, 0.29) is 12.0 Å². The number of hydrogen-bond donors (Lipinski definition) is 3. The molecule has 1 aliphatic rings. The van der Waals surface area contributed by atoms with Gasteiger partial charge in [0.2, 0.25) is 5.91 Å². The van der Waals surface area contributed by atoms with Crippen LogP contribution in [0.3, 0.4) is 0 Å². The molecule has 0 bridgehead atoms. The molecule has 1 saturated heterocycles. The zero-order chi connectivity index (χ0) is 14.4. The highest BCUT2D eigenvalue weighted by molar-refractivity contribution is 5.80. The summed E-state index contributed by atoms with van der Waals surface area (Å²) in [4.78, 5) is 15.9. The number of pyridine rings is 1. The molecule has 0 aromatic carbocycles. The van der Waals surface area contributed by atoms with Crippen LogP contribution in [0, 0.1) is 6.92 Å². The number of ether oxygens (including phenoxy) is 1. The third-order valence-corrected chi connectivity index (χ3v) is 3.22. The molecule has 110 valence electrons. The Morgan fingerprint density at radius 3 is 3.10 bits per heavy atom. The number of nitrogens with zero attached hydrogens (tertiary/aromatic N) is 1. The highest BCUT2D eigenvalue weighted by atomic mass is 16.5. The Hall–Kier alpha value is -1.82. The smallest absolute Gasteiger partial charge is 0.249 e. The summed E-state index contributed by atoms with van der Waals surface area (Å²) in [5, 5.41) is 6.04. The van der Waals surface area contributed by atoms with Crippen LogP contribution in [-0.2, 0) is 9.53 Å². The topological polar surface area (TPSA) is 89.3 Å². The lowest BCUT2D eigenvalue weighted by Crippen LogP contribution is -2.35. The van der Waals surface area contributed by atoms with Crippen molar-refractivity contribution < 1.29 is 9.53 Å². The molecule has 0 aliphatic carbocycles. The molecule has 1 unspecified atom stereocenters. The number of amides is 1. The lowest BCUT2D eigenvalue weighted by molar-refractivity contribution is -0.130. The lowest BCUT2D eigenvalue weighted by Gasteiger charge is -2.11. The molecule has 1 atom stereocenters. The molecule has 20 heavy (non-hydrogen) atoms. The van der Waals surface area contributed by atoms with Gasteiger partial charge in [0.15, 0.2) is 0 Å². The minimum absolute atomic E-state index is 0.00419. The van der Waals surface area contributed by atoms with E-state index in [9.17, 15) is 4.79 Å². The summed E-state index contributed by atoms with van der Waals surface area (Å²) in [5.41, 5.74) is 7.54. The van der Waals surface area contributed by atoms with Crippen molar-refractivity contribution in [3.8, 4) is 0 Å². The number of carbonyl (C=O) groups is 1. The second kappa shape index (κ2) is 7.09. The molecule has 0 spiro atoms. The van der Waals surface area contributed by atoms with Crippen LogP contribution in [0.25, 0.3) is 0 Å². The van der Waals surface area contributed by atoms with E-state index < -0.39 is 0 Å². The molecule has 1 fully saturated rings. The molecule has 0 saturated carbocycles. The molecule has 1 aromatic heterocycles. The largest absolute Gasteiger partial charge is 0.396 e. The predicted octanol–water partition coefficient (Wildman–Crippen LogP) is 1.07. The van der Waals surface area contributed by atoms with Gasteiger partial charge in [0, 0.05) is 25.9 Å². The standard InChI is InChI=1S/C14H22N4O2/c1-10-8-11(15)13(18-9-10)16-5-3-6-17-14(19)12-4-2-7-20-12/h8-9,12H,2-7,15H2,1H3,(H,16,18)(H,17,19). The Balaban J connectivity index is 1.62. The van der Waals surface area contributed by atoms with Gasteiger partial charge < -0.3 is 21.1 Å². The van der Waals surface area contributed by atoms with Crippen LogP contribution in [0.1, 0.15) is 24.8 Å². The highest BCUT2D eigenvalue weighted by Gasteiger charge is 2.22. The van der Waals surface area contributed by atoms with Crippen LogP contribution < -0.4 is 16.4 Å². The van der Waals surface area contributed by atoms with Crippen molar-refractivity contribution in [3.63, 3.8) is 0 Å². The Labute approximate surface area is 119 Å². The maximum absolute atomic E-state index is 11.7. The normalized spacial score (nSPS) is 17.9. The highest BCUT2D eigenvalue weighted by Crippen LogP contribution is 2.15.